The van der Waals surface area contributed by atoms with Gasteiger partial charge < -0.3 is 10.6 Å². The molecule has 0 spiro atoms. The molecule has 3 nitrogen and oxygen atoms in total. The number of nitrogens with zero attached hydrogens (tertiary/aromatic N) is 1. The molecule has 0 bridgehead atoms. The number of carbonyl (C=O) groups excluding carboxylic acids is 1. The van der Waals surface area contributed by atoms with E-state index in [2.05, 4.69) is 0 Å². The number of hydrogen-bond acceptors (Lipinski definition) is 2. The van der Waals surface area contributed by atoms with Gasteiger partial charge in [0.1, 0.15) is 0 Å². The summed E-state index contributed by atoms with van der Waals surface area (Å²) in [5.74, 6) is 0.0582. The van der Waals surface area contributed by atoms with E-state index in [1.165, 1.54) is 0 Å². The van der Waals surface area contributed by atoms with Crippen molar-refractivity contribution in [2.45, 2.75) is 25.8 Å². The first kappa shape index (κ1) is 15.3. The number of carbonyl (C=O) groups is 1. The quantitative estimate of drug-likeness (QED) is 0.936. The number of hydrogen-bond donors (Lipinski definition) is 1. The minimum Gasteiger partial charge on any atom is -0.326 e. The number of likely N-dealkylation sites (N-methyl/N-ethyl adjacent to an activating group) is 1. The largest absolute Gasteiger partial charge is 0.326 e. The third-order valence-electron chi connectivity index (χ3n) is 3.87. The molecule has 0 heterocycles. The first-order chi connectivity index (χ1) is 9.96. The highest BCUT2D eigenvalue weighted by Gasteiger charge is 2.32. The third kappa shape index (κ3) is 3.14. The van der Waals surface area contributed by atoms with Gasteiger partial charge in [0.25, 0.3) is 0 Å². The molecule has 110 valence electrons. The Morgan fingerprint density at radius 2 is 1.76 bits per heavy atom. The van der Waals surface area contributed by atoms with Crippen molar-refractivity contribution in [3.05, 3.63) is 65.7 Å². The molecule has 0 aliphatic rings. The van der Waals surface area contributed by atoms with Gasteiger partial charge in [0.05, 0.1) is 5.41 Å². The van der Waals surface area contributed by atoms with Crippen LogP contribution in [0.5, 0.6) is 0 Å². The summed E-state index contributed by atoms with van der Waals surface area (Å²) in [7, 11) is 1.81. The van der Waals surface area contributed by atoms with Crippen LogP contribution in [-0.2, 0) is 16.8 Å². The van der Waals surface area contributed by atoms with E-state index in [4.69, 9.17) is 5.73 Å². The molecule has 21 heavy (non-hydrogen) atoms. The molecule has 2 N–H and O–H groups in total. The highest BCUT2D eigenvalue weighted by molar-refractivity contribution is 6.00. The average molecular weight is 282 g/mol. The van der Waals surface area contributed by atoms with Crippen LogP contribution < -0.4 is 10.6 Å². The van der Waals surface area contributed by atoms with Gasteiger partial charge in [-0.15, -0.1) is 0 Å². The molecule has 2 aromatic carbocycles. The Labute approximate surface area is 126 Å². The van der Waals surface area contributed by atoms with Crippen molar-refractivity contribution >= 4 is 11.6 Å². The van der Waals surface area contributed by atoms with E-state index in [-0.39, 0.29) is 5.91 Å². The Balaban J connectivity index is 2.30. The van der Waals surface area contributed by atoms with Gasteiger partial charge >= 0.3 is 0 Å². The maximum Gasteiger partial charge on any atom is 0.236 e. The summed E-state index contributed by atoms with van der Waals surface area (Å²) in [5, 5.41) is 0. The molecule has 0 fully saturated rings. The van der Waals surface area contributed by atoms with E-state index >= 15 is 0 Å². The first-order valence-corrected chi connectivity index (χ1v) is 7.09. The smallest absolute Gasteiger partial charge is 0.236 e. The molecule has 1 amide bonds. The molecule has 0 aliphatic heterocycles. The van der Waals surface area contributed by atoms with Crippen molar-refractivity contribution in [1.29, 1.82) is 0 Å². The summed E-state index contributed by atoms with van der Waals surface area (Å²) in [6.07, 6.45) is 0. The maximum atomic E-state index is 12.9. The van der Waals surface area contributed by atoms with Gasteiger partial charge in [-0.3, -0.25) is 4.79 Å². The van der Waals surface area contributed by atoms with Crippen LogP contribution in [0.4, 0.5) is 5.69 Å². The van der Waals surface area contributed by atoms with Gasteiger partial charge in [0.15, 0.2) is 0 Å². The molecule has 3 heteroatoms. The van der Waals surface area contributed by atoms with Crippen LogP contribution in [0.2, 0.25) is 0 Å². The summed E-state index contributed by atoms with van der Waals surface area (Å²) >= 11 is 0. The number of nitrogens with two attached hydrogens (primary N) is 1. The molecule has 0 saturated heterocycles. The fraction of sp³-hybridized carbons (Fsp3) is 0.278. The lowest BCUT2D eigenvalue weighted by Crippen LogP contribution is -2.41. The highest BCUT2D eigenvalue weighted by Crippen LogP contribution is 2.27. The molecular weight excluding hydrogens is 260 g/mol. The zero-order valence-electron chi connectivity index (χ0n) is 12.8. The van der Waals surface area contributed by atoms with Gasteiger partial charge in [-0.05, 0) is 37.1 Å². The van der Waals surface area contributed by atoms with Crippen molar-refractivity contribution in [3.63, 3.8) is 0 Å². The minimum absolute atomic E-state index is 0.0582. The standard InChI is InChI=1S/C18H22N2O/c1-18(2,15-9-5-4-6-10-15)17(21)20(3)16-11-7-8-14(12-16)13-19/h4-12H,13,19H2,1-3H3. The predicted octanol–water partition coefficient (Wildman–Crippen LogP) is 3.09. The molecule has 0 unspecified atom stereocenters. The summed E-state index contributed by atoms with van der Waals surface area (Å²) in [6.45, 7) is 4.37. The van der Waals surface area contributed by atoms with Gasteiger partial charge in [0, 0.05) is 19.3 Å². The van der Waals surface area contributed by atoms with E-state index in [1.807, 2.05) is 75.5 Å². The van der Waals surface area contributed by atoms with Crippen LogP contribution in [0.25, 0.3) is 0 Å². The minimum atomic E-state index is -0.575. The molecule has 0 radical (unpaired) electrons. The zero-order chi connectivity index (χ0) is 15.5. The second-order valence-corrected chi connectivity index (χ2v) is 5.73. The van der Waals surface area contributed by atoms with Crippen LogP contribution in [0.15, 0.2) is 54.6 Å². The summed E-state index contributed by atoms with van der Waals surface area (Å²) in [4.78, 5) is 14.6. The van der Waals surface area contributed by atoms with E-state index in [1.54, 1.807) is 4.90 Å². The van der Waals surface area contributed by atoms with Gasteiger partial charge in [-0.1, -0.05) is 42.5 Å². The number of anilines is 1. The Kier molecular flexibility index (Phi) is 4.43. The van der Waals surface area contributed by atoms with Crippen molar-refractivity contribution in [3.8, 4) is 0 Å². The predicted molar refractivity (Wildman–Crippen MR) is 87.2 cm³/mol. The van der Waals surface area contributed by atoms with Crippen LogP contribution in [-0.4, -0.2) is 13.0 Å². The normalized spacial score (nSPS) is 11.2. The summed E-state index contributed by atoms with van der Waals surface area (Å²) < 4.78 is 0. The third-order valence-corrected chi connectivity index (χ3v) is 3.87. The fourth-order valence-electron chi connectivity index (χ4n) is 2.41. The number of benzene rings is 2. The highest BCUT2D eigenvalue weighted by atomic mass is 16.2. The van der Waals surface area contributed by atoms with Gasteiger partial charge in [0.2, 0.25) is 5.91 Å². The molecule has 0 aromatic heterocycles. The Hall–Kier alpha value is -2.13. The van der Waals surface area contributed by atoms with Crippen molar-refractivity contribution in [1.82, 2.24) is 0 Å². The lowest BCUT2D eigenvalue weighted by atomic mass is 9.83. The Morgan fingerprint density at radius 3 is 2.38 bits per heavy atom. The van der Waals surface area contributed by atoms with Crippen molar-refractivity contribution < 1.29 is 4.79 Å². The monoisotopic (exact) mass is 282 g/mol. The molecule has 0 saturated carbocycles. The maximum absolute atomic E-state index is 12.9. The molecule has 2 rings (SSSR count). The van der Waals surface area contributed by atoms with Gasteiger partial charge in [-0.2, -0.15) is 0 Å². The zero-order valence-corrected chi connectivity index (χ0v) is 12.8. The lowest BCUT2D eigenvalue weighted by Gasteiger charge is -2.30. The molecule has 0 atom stereocenters. The Morgan fingerprint density at radius 1 is 1.10 bits per heavy atom. The van der Waals surface area contributed by atoms with E-state index < -0.39 is 5.41 Å². The van der Waals surface area contributed by atoms with E-state index in [9.17, 15) is 4.79 Å². The van der Waals surface area contributed by atoms with Crippen LogP contribution in [0.3, 0.4) is 0 Å². The topological polar surface area (TPSA) is 46.3 Å². The fourth-order valence-corrected chi connectivity index (χ4v) is 2.41. The van der Waals surface area contributed by atoms with Crippen LogP contribution in [0.1, 0.15) is 25.0 Å². The second kappa shape index (κ2) is 6.10. The lowest BCUT2D eigenvalue weighted by molar-refractivity contribution is -0.122. The average Bonchev–Trinajstić information content (AvgIpc) is 2.54. The second-order valence-electron chi connectivity index (χ2n) is 5.73. The summed E-state index contributed by atoms with van der Waals surface area (Å²) in [5.41, 5.74) is 7.99. The van der Waals surface area contributed by atoms with E-state index in [0.717, 1.165) is 16.8 Å². The van der Waals surface area contributed by atoms with Crippen molar-refractivity contribution in [2.75, 3.05) is 11.9 Å². The van der Waals surface area contributed by atoms with Crippen molar-refractivity contribution in [2.24, 2.45) is 5.73 Å². The number of rotatable bonds is 4. The summed E-state index contributed by atoms with van der Waals surface area (Å²) in [6, 6.07) is 17.6. The molecular formula is C18H22N2O. The molecule has 2 aromatic rings. The van der Waals surface area contributed by atoms with Gasteiger partial charge in [-0.25, -0.2) is 0 Å². The van der Waals surface area contributed by atoms with E-state index in [0.29, 0.717) is 6.54 Å². The van der Waals surface area contributed by atoms with Crippen LogP contribution >= 0.6 is 0 Å². The molecule has 0 aliphatic carbocycles. The van der Waals surface area contributed by atoms with Crippen LogP contribution in [0, 0.1) is 0 Å². The SMILES string of the molecule is CN(C(=O)C(C)(C)c1ccccc1)c1cccc(CN)c1. The Bertz CT molecular complexity index is 620. The first-order valence-electron chi connectivity index (χ1n) is 7.09. The number of amides is 1.